The highest BCUT2D eigenvalue weighted by Gasteiger charge is 2.19. The Hall–Kier alpha value is -0.120. The third kappa shape index (κ3) is 3.09. The predicted molar refractivity (Wildman–Crippen MR) is 50.4 cm³/mol. The van der Waals surface area contributed by atoms with Crippen LogP contribution in [-0.2, 0) is 4.74 Å². The Balaban J connectivity index is 2.05. The van der Waals surface area contributed by atoms with Crippen LogP contribution in [0.5, 0.6) is 0 Å². The summed E-state index contributed by atoms with van der Waals surface area (Å²) in [5.74, 6) is 0. The van der Waals surface area contributed by atoms with E-state index in [1.807, 2.05) is 7.05 Å². The maximum Gasteiger partial charge on any atom is 0.0622 e. The summed E-state index contributed by atoms with van der Waals surface area (Å²) in [5, 5.41) is 3.16. The van der Waals surface area contributed by atoms with Gasteiger partial charge in [0.2, 0.25) is 0 Å². The Labute approximate surface area is 75.1 Å². The van der Waals surface area contributed by atoms with Crippen LogP contribution in [0.1, 0.15) is 12.8 Å². The molecule has 1 aliphatic heterocycles. The minimum absolute atomic E-state index is 0.668. The molecule has 3 nitrogen and oxygen atoms in total. The number of hydrogen-bond donors (Lipinski definition) is 1. The number of hydrogen-bond acceptors (Lipinski definition) is 3. The second-order valence-corrected chi connectivity index (χ2v) is 3.46. The molecule has 0 bridgehead atoms. The first-order valence-electron chi connectivity index (χ1n) is 4.77. The molecule has 0 amide bonds. The fourth-order valence-corrected chi connectivity index (χ4v) is 1.56. The molecule has 0 aromatic carbocycles. The summed E-state index contributed by atoms with van der Waals surface area (Å²) in [4.78, 5) is 2.41. The van der Waals surface area contributed by atoms with Crippen molar-refractivity contribution < 1.29 is 4.74 Å². The highest BCUT2D eigenvalue weighted by atomic mass is 16.5. The van der Waals surface area contributed by atoms with Crippen molar-refractivity contribution in [2.75, 3.05) is 40.4 Å². The molecule has 0 aliphatic carbocycles. The van der Waals surface area contributed by atoms with Crippen molar-refractivity contribution in [1.29, 1.82) is 0 Å². The van der Waals surface area contributed by atoms with Gasteiger partial charge in [0.15, 0.2) is 0 Å². The van der Waals surface area contributed by atoms with Crippen LogP contribution in [0.25, 0.3) is 0 Å². The molecule has 12 heavy (non-hydrogen) atoms. The van der Waals surface area contributed by atoms with Crippen LogP contribution in [0.2, 0.25) is 0 Å². The number of ether oxygens (including phenoxy) is 1. The highest BCUT2D eigenvalue weighted by Crippen LogP contribution is 2.10. The van der Waals surface area contributed by atoms with Crippen LogP contribution in [0.4, 0.5) is 0 Å². The lowest BCUT2D eigenvalue weighted by molar-refractivity contribution is 0.158. The molecule has 1 fully saturated rings. The maximum atomic E-state index is 5.33. The molecule has 0 aromatic rings. The fraction of sp³-hybridized carbons (Fsp3) is 1.00. The Kier molecular flexibility index (Phi) is 4.58. The smallest absolute Gasteiger partial charge is 0.0622 e. The van der Waals surface area contributed by atoms with Crippen LogP contribution in [0.15, 0.2) is 0 Å². The first-order valence-corrected chi connectivity index (χ1v) is 4.77. The molecule has 1 unspecified atom stereocenters. The average Bonchev–Trinajstić information content (AvgIpc) is 2.56. The molecule has 3 heteroatoms. The van der Waals surface area contributed by atoms with Crippen LogP contribution >= 0.6 is 0 Å². The molecule has 1 rings (SSSR count). The molecule has 1 heterocycles. The molecule has 1 atom stereocenters. The van der Waals surface area contributed by atoms with Crippen molar-refractivity contribution in [3.63, 3.8) is 0 Å². The summed E-state index contributed by atoms with van der Waals surface area (Å²) in [6, 6.07) is 0.668. The van der Waals surface area contributed by atoms with E-state index in [0.717, 1.165) is 19.8 Å². The number of nitrogens with zero attached hydrogens (tertiary/aromatic N) is 1. The van der Waals surface area contributed by atoms with Crippen LogP contribution < -0.4 is 5.32 Å². The largest absolute Gasteiger partial charge is 0.380 e. The number of rotatable bonds is 5. The molecule has 0 spiro atoms. The zero-order valence-electron chi connectivity index (χ0n) is 8.18. The standard InChI is InChI=1S/C9H20N2O/c1-10-5-3-6-11(2)9-4-7-12-8-9/h9-10H,3-8H2,1-2H3. The molecule has 0 saturated carbocycles. The lowest BCUT2D eigenvalue weighted by Crippen LogP contribution is -2.33. The molecule has 0 aromatic heterocycles. The topological polar surface area (TPSA) is 24.5 Å². The lowest BCUT2D eigenvalue weighted by Gasteiger charge is -2.22. The summed E-state index contributed by atoms with van der Waals surface area (Å²) in [5.41, 5.74) is 0. The van der Waals surface area contributed by atoms with Crippen molar-refractivity contribution in [3.05, 3.63) is 0 Å². The summed E-state index contributed by atoms with van der Waals surface area (Å²) >= 11 is 0. The first-order chi connectivity index (χ1) is 5.84. The Bertz CT molecular complexity index is 113. The van der Waals surface area contributed by atoms with Crippen molar-refractivity contribution in [2.24, 2.45) is 0 Å². The van der Waals surface area contributed by atoms with E-state index in [4.69, 9.17) is 4.74 Å². The van der Waals surface area contributed by atoms with E-state index in [2.05, 4.69) is 17.3 Å². The van der Waals surface area contributed by atoms with Gasteiger partial charge in [-0.25, -0.2) is 0 Å². The zero-order valence-corrected chi connectivity index (χ0v) is 8.18. The van der Waals surface area contributed by atoms with E-state index >= 15 is 0 Å². The average molecular weight is 172 g/mol. The minimum atomic E-state index is 0.668. The summed E-state index contributed by atoms with van der Waals surface area (Å²) in [7, 11) is 4.19. The van der Waals surface area contributed by atoms with Gasteiger partial charge in [-0.3, -0.25) is 0 Å². The van der Waals surface area contributed by atoms with Crippen LogP contribution in [0.3, 0.4) is 0 Å². The van der Waals surface area contributed by atoms with Gasteiger partial charge in [-0.2, -0.15) is 0 Å². The summed E-state index contributed by atoms with van der Waals surface area (Å²) in [6.45, 7) is 4.16. The van der Waals surface area contributed by atoms with E-state index in [9.17, 15) is 0 Å². The van der Waals surface area contributed by atoms with Gasteiger partial charge in [0.25, 0.3) is 0 Å². The quantitative estimate of drug-likeness (QED) is 0.604. The van der Waals surface area contributed by atoms with E-state index in [1.165, 1.54) is 19.4 Å². The van der Waals surface area contributed by atoms with E-state index < -0.39 is 0 Å². The monoisotopic (exact) mass is 172 g/mol. The molecule has 0 radical (unpaired) electrons. The van der Waals surface area contributed by atoms with E-state index in [0.29, 0.717) is 6.04 Å². The van der Waals surface area contributed by atoms with Crippen molar-refractivity contribution in [3.8, 4) is 0 Å². The van der Waals surface area contributed by atoms with Gasteiger partial charge in [-0.05, 0) is 40.0 Å². The van der Waals surface area contributed by atoms with Gasteiger partial charge in [0.05, 0.1) is 6.61 Å². The van der Waals surface area contributed by atoms with Gasteiger partial charge in [0.1, 0.15) is 0 Å². The second kappa shape index (κ2) is 5.51. The van der Waals surface area contributed by atoms with Crippen molar-refractivity contribution >= 4 is 0 Å². The lowest BCUT2D eigenvalue weighted by atomic mass is 10.2. The Morgan fingerprint density at radius 2 is 2.42 bits per heavy atom. The molecule has 1 saturated heterocycles. The van der Waals surface area contributed by atoms with Gasteiger partial charge < -0.3 is 15.0 Å². The van der Waals surface area contributed by atoms with E-state index in [1.54, 1.807) is 0 Å². The SMILES string of the molecule is CNCCCN(C)C1CCOC1. The Morgan fingerprint density at radius 1 is 1.58 bits per heavy atom. The second-order valence-electron chi connectivity index (χ2n) is 3.46. The van der Waals surface area contributed by atoms with E-state index in [-0.39, 0.29) is 0 Å². The third-order valence-corrected chi connectivity index (χ3v) is 2.47. The summed E-state index contributed by atoms with van der Waals surface area (Å²) in [6.07, 6.45) is 2.43. The summed E-state index contributed by atoms with van der Waals surface area (Å²) < 4.78 is 5.33. The zero-order chi connectivity index (χ0) is 8.81. The maximum absolute atomic E-state index is 5.33. The van der Waals surface area contributed by atoms with Gasteiger partial charge in [-0.1, -0.05) is 0 Å². The third-order valence-electron chi connectivity index (χ3n) is 2.47. The molecule has 1 N–H and O–H groups in total. The van der Waals surface area contributed by atoms with Crippen LogP contribution in [-0.4, -0.2) is 51.3 Å². The fourth-order valence-electron chi connectivity index (χ4n) is 1.56. The molecule has 72 valence electrons. The normalized spacial score (nSPS) is 23.8. The predicted octanol–water partition coefficient (Wildman–Crippen LogP) is 0.317. The number of nitrogens with one attached hydrogen (secondary N) is 1. The van der Waals surface area contributed by atoms with Crippen molar-refractivity contribution in [1.82, 2.24) is 10.2 Å². The first kappa shape index (κ1) is 9.96. The van der Waals surface area contributed by atoms with Crippen molar-refractivity contribution in [2.45, 2.75) is 18.9 Å². The molecular formula is C9H20N2O. The van der Waals surface area contributed by atoms with Crippen LogP contribution in [0, 0.1) is 0 Å². The highest BCUT2D eigenvalue weighted by molar-refractivity contribution is 4.72. The Morgan fingerprint density at radius 3 is 3.00 bits per heavy atom. The van der Waals surface area contributed by atoms with Gasteiger partial charge >= 0.3 is 0 Å². The van der Waals surface area contributed by atoms with Gasteiger partial charge in [0, 0.05) is 12.6 Å². The molecular weight excluding hydrogens is 152 g/mol. The molecule has 1 aliphatic rings. The van der Waals surface area contributed by atoms with Gasteiger partial charge in [-0.15, -0.1) is 0 Å². The minimum Gasteiger partial charge on any atom is -0.380 e. The number of likely N-dealkylation sites (N-methyl/N-ethyl adjacent to an activating group) is 1.